The van der Waals surface area contributed by atoms with Gasteiger partial charge in [-0.3, -0.25) is 0 Å². The molecule has 5 heteroatoms. The molecule has 118 valence electrons. The Morgan fingerprint density at radius 1 is 1.36 bits per heavy atom. The van der Waals surface area contributed by atoms with Crippen molar-refractivity contribution in [3.05, 3.63) is 36.1 Å². The van der Waals surface area contributed by atoms with Gasteiger partial charge in [0.1, 0.15) is 11.3 Å². The van der Waals surface area contributed by atoms with Gasteiger partial charge in [0.25, 0.3) is 0 Å². The SMILES string of the molecule is C[C@H](NC(=O)N1CCC(C)(O)CC1)c1cc2ccccc2o1. The van der Waals surface area contributed by atoms with E-state index in [0.29, 0.717) is 25.9 Å². The van der Waals surface area contributed by atoms with E-state index in [9.17, 15) is 9.90 Å². The second-order valence-corrected chi connectivity index (χ2v) is 6.34. The van der Waals surface area contributed by atoms with Gasteiger partial charge in [0, 0.05) is 18.5 Å². The maximum absolute atomic E-state index is 12.3. The van der Waals surface area contributed by atoms with Crippen molar-refractivity contribution in [2.24, 2.45) is 0 Å². The first-order chi connectivity index (χ1) is 10.4. The van der Waals surface area contributed by atoms with Gasteiger partial charge < -0.3 is 19.7 Å². The minimum absolute atomic E-state index is 0.108. The first-order valence-electron chi connectivity index (χ1n) is 7.71. The zero-order valence-corrected chi connectivity index (χ0v) is 13.0. The van der Waals surface area contributed by atoms with Crippen molar-refractivity contribution in [1.29, 1.82) is 0 Å². The van der Waals surface area contributed by atoms with Crippen molar-refractivity contribution in [3.63, 3.8) is 0 Å². The van der Waals surface area contributed by atoms with Crippen LogP contribution in [0.15, 0.2) is 34.7 Å². The topological polar surface area (TPSA) is 65.7 Å². The largest absolute Gasteiger partial charge is 0.459 e. The number of hydrogen-bond donors (Lipinski definition) is 2. The molecule has 2 amide bonds. The summed E-state index contributed by atoms with van der Waals surface area (Å²) in [6.45, 7) is 4.88. The van der Waals surface area contributed by atoms with Crippen molar-refractivity contribution in [3.8, 4) is 0 Å². The Kier molecular flexibility index (Phi) is 3.83. The number of urea groups is 1. The number of rotatable bonds is 2. The highest BCUT2D eigenvalue weighted by Crippen LogP contribution is 2.25. The number of fused-ring (bicyclic) bond motifs is 1. The molecule has 1 saturated heterocycles. The highest BCUT2D eigenvalue weighted by Gasteiger charge is 2.30. The molecule has 2 N–H and O–H groups in total. The average molecular weight is 302 g/mol. The number of furan rings is 1. The van der Waals surface area contributed by atoms with Gasteiger partial charge in [0.15, 0.2) is 0 Å². The molecule has 3 rings (SSSR count). The molecule has 1 aromatic heterocycles. The number of piperidine rings is 1. The molecule has 0 aliphatic carbocycles. The zero-order valence-electron chi connectivity index (χ0n) is 13.0. The van der Waals surface area contributed by atoms with Crippen LogP contribution in [-0.2, 0) is 0 Å². The summed E-state index contributed by atoms with van der Waals surface area (Å²) in [5.41, 5.74) is 0.175. The lowest BCUT2D eigenvalue weighted by molar-refractivity contribution is 0.00413. The Morgan fingerprint density at radius 2 is 2.05 bits per heavy atom. The third kappa shape index (κ3) is 3.09. The lowest BCUT2D eigenvalue weighted by Crippen LogP contribution is -2.49. The van der Waals surface area contributed by atoms with Crippen molar-refractivity contribution < 1.29 is 14.3 Å². The van der Waals surface area contributed by atoms with Crippen LogP contribution >= 0.6 is 0 Å². The summed E-state index contributed by atoms with van der Waals surface area (Å²) in [6, 6.07) is 9.46. The Balaban J connectivity index is 1.63. The Labute approximate surface area is 129 Å². The van der Waals surface area contributed by atoms with E-state index in [2.05, 4.69) is 5.32 Å². The number of benzene rings is 1. The molecule has 0 saturated carbocycles. The fourth-order valence-corrected chi connectivity index (χ4v) is 2.75. The summed E-state index contributed by atoms with van der Waals surface area (Å²) in [5, 5.41) is 13.9. The maximum atomic E-state index is 12.3. The standard InChI is InChI=1S/C17H22N2O3/c1-12(15-11-13-5-3-4-6-14(13)22-15)18-16(20)19-9-7-17(2,21)8-10-19/h3-6,11-12,21H,7-10H2,1-2H3,(H,18,20)/t12-/m0/s1. The molecule has 0 radical (unpaired) electrons. The highest BCUT2D eigenvalue weighted by atomic mass is 16.3. The van der Waals surface area contributed by atoms with Crippen molar-refractivity contribution in [2.75, 3.05) is 13.1 Å². The molecule has 0 unspecified atom stereocenters. The van der Waals surface area contributed by atoms with Crippen LogP contribution in [0, 0.1) is 0 Å². The Morgan fingerprint density at radius 3 is 2.73 bits per heavy atom. The van der Waals surface area contributed by atoms with Crippen LogP contribution in [0.25, 0.3) is 11.0 Å². The minimum atomic E-state index is -0.652. The predicted octanol–water partition coefficient (Wildman–Crippen LogP) is 3.05. The van der Waals surface area contributed by atoms with Gasteiger partial charge in [-0.2, -0.15) is 0 Å². The van der Waals surface area contributed by atoms with Crippen LogP contribution in [0.2, 0.25) is 0 Å². The lowest BCUT2D eigenvalue weighted by Gasteiger charge is -2.36. The predicted molar refractivity (Wildman–Crippen MR) is 84.6 cm³/mol. The molecule has 1 aliphatic rings. The van der Waals surface area contributed by atoms with E-state index in [-0.39, 0.29) is 12.1 Å². The fraction of sp³-hybridized carbons (Fsp3) is 0.471. The normalized spacial score (nSPS) is 19.1. The van der Waals surface area contributed by atoms with Crippen LogP contribution in [0.5, 0.6) is 0 Å². The monoisotopic (exact) mass is 302 g/mol. The number of carbonyl (C=O) groups is 1. The van der Waals surface area contributed by atoms with E-state index >= 15 is 0 Å². The molecule has 5 nitrogen and oxygen atoms in total. The molecule has 22 heavy (non-hydrogen) atoms. The second-order valence-electron chi connectivity index (χ2n) is 6.34. The number of nitrogens with one attached hydrogen (secondary N) is 1. The molecular weight excluding hydrogens is 280 g/mol. The van der Waals surface area contributed by atoms with Crippen LogP contribution in [0.4, 0.5) is 4.79 Å². The molecule has 1 aromatic carbocycles. The first kappa shape index (κ1) is 14.9. The van der Waals surface area contributed by atoms with Crippen molar-refractivity contribution in [2.45, 2.75) is 38.3 Å². The molecule has 2 heterocycles. The molecule has 2 aromatic rings. The Hall–Kier alpha value is -2.01. The maximum Gasteiger partial charge on any atom is 0.317 e. The number of para-hydroxylation sites is 1. The van der Waals surface area contributed by atoms with Crippen LogP contribution in [0.1, 0.15) is 38.5 Å². The number of hydrogen-bond acceptors (Lipinski definition) is 3. The van der Waals surface area contributed by atoms with Crippen LogP contribution in [-0.4, -0.2) is 34.7 Å². The molecule has 1 atom stereocenters. The fourth-order valence-electron chi connectivity index (χ4n) is 2.75. The zero-order chi connectivity index (χ0) is 15.7. The van der Waals surface area contributed by atoms with Crippen molar-refractivity contribution >= 4 is 17.0 Å². The van der Waals surface area contributed by atoms with Gasteiger partial charge in [-0.1, -0.05) is 18.2 Å². The number of amides is 2. The summed E-state index contributed by atoms with van der Waals surface area (Å²) in [7, 11) is 0. The third-order valence-corrected chi connectivity index (χ3v) is 4.34. The van der Waals surface area contributed by atoms with E-state index in [1.165, 1.54) is 0 Å². The number of likely N-dealkylation sites (tertiary alicyclic amines) is 1. The molecule has 1 fully saturated rings. The first-order valence-corrected chi connectivity index (χ1v) is 7.71. The van der Waals surface area contributed by atoms with Gasteiger partial charge in [0.2, 0.25) is 0 Å². The smallest absolute Gasteiger partial charge is 0.317 e. The van der Waals surface area contributed by atoms with Crippen molar-refractivity contribution in [1.82, 2.24) is 10.2 Å². The van der Waals surface area contributed by atoms with E-state index in [4.69, 9.17) is 4.42 Å². The van der Waals surface area contributed by atoms with E-state index in [0.717, 1.165) is 16.7 Å². The second kappa shape index (κ2) is 5.65. The molecular formula is C17H22N2O3. The quantitative estimate of drug-likeness (QED) is 0.896. The van der Waals surface area contributed by atoms with Gasteiger partial charge in [-0.15, -0.1) is 0 Å². The number of carbonyl (C=O) groups excluding carboxylic acids is 1. The highest BCUT2D eigenvalue weighted by molar-refractivity contribution is 5.78. The van der Waals surface area contributed by atoms with Gasteiger partial charge in [0.05, 0.1) is 11.6 Å². The van der Waals surface area contributed by atoms with Crippen LogP contribution < -0.4 is 5.32 Å². The summed E-state index contributed by atoms with van der Waals surface area (Å²) in [5.74, 6) is 0.749. The summed E-state index contributed by atoms with van der Waals surface area (Å²) < 4.78 is 5.78. The molecule has 0 spiro atoms. The average Bonchev–Trinajstić information content (AvgIpc) is 2.91. The van der Waals surface area contributed by atoms with Gasteiger partial charge in [-0.05, 0) is 38.8 Å². The van der Waals surface area contributed by atoms with Crippen LogP contribution in [0.3, 0.4) is 0 Å². The summed E-state index contributed by atoms with van der Waals surface area (Å²) in [4.78, 5) is 14.0. The molecule has 0 bridgehead atoms. The van der Waals surface area contributed by atoms with E-state index < -0.39 is 5.60 Å². The molecule has 1 aliphatic heterocycles. The van der Waals surface area contributed by atoms with E-state index in [1.54, 1.807) is 4.90 Å². The summed E-state index contributed by atoms with van der Waals surface area (Å²) >= 11 is 0. The minimum Gasteiger partial charge on any atom is -0.459 e. The van der Waals surface area contributed by atoms with E-state index in [1.807, 2.05) is 44.2 Å². The lowest BCUT2D eigenvalue weighted by atomic mass is 9.94. The number of nitrogens with zero attached hydrogens (tertiary/aromatic N) is 1. The third-order valence-electron chi connectivity index (χ3n) is 4.34. The number of aliphatic hydroxyl groups is 1. The Bertz CT molecular complexity index is 634. The van der Waals surface area contributed by atoms with Gasteiger partial charge >= 0.3 is 6.03 Å². The summed E-state index contributed by atoms with van der Waals surface area (Å²) in [6.07, 6.45) is 1.22. The van der Waals surface area contributed by atoms with Gasteiger partial charge in [-0.25, -0.2) is 4.79 Å².